The third kappa shape index (κ3) is 5.81. The van der Waals surface area contributed by atoms with Crippen LogP contribution in [0.1, 0.15) is 44.6 Å². The highest BCUT2D eigenvalue weighted by Gasteiger charge is 2.15. The molecule has 0 aliphatic carbocycles. The van der Waals surface area contributed by atoms with Crippen LogP contribution in [-0.2, 0) is 17.9 Å². The summed E-state index contributed by atoms with van der Waals surface area (Å²) in [5.41, 5.74) is 2.84. The molecule has 8 nitrogen and oxygen atoms in total. The molecule has 32 heavy (non-hydrogen) atoms. The van der Waals surface area contributed by atoms with Crippen LogP contribution in [0.5, 0.6) is 11.5 Å². The van der Waals surface area contributed by atoms with Gasteiger partial charge in [-0.2, -0.15) is 0 Å². The monoisotopic (exact) mass is 435 g/mol. The first-order valence-corrected chi connectivity index (χ1v) is 10.1. The number of esters is 1. The topological polar surface area (TPSA) is 99.6 Å². The predicted molar refractivity (Wildman–Crippen MR) is 118 cm³/mol. The highest BCUT2D eigenvalue weighted by Crippen LogP contribution is 2.28. The van der Waals surface area contributed by atoms with E-state index in [2.05, 4.69) is 15.3 Å². The third-order valence-corrected chi connectivity index (χ3v) is 4.64. The van der Waals surface area contributed by atoms with Crippen molar-refractivity contribution in [3.8, 4) is 11.5 Å². The van der Waals surface area contributed by atoms with Crippen LogP contribution in [0.3, 0.4) is 0 Å². The van der Waals surface area contributed by atoms with Crippen molar-refractivity contribution >= 4 is 11.9 Å². The van der Waals surface area contributed by atoms with Gasteiger partial charge in [-0.15, -0.1) is 0 Å². The molecule has 3 aromatic rings. The van der Waals surface area contributed by atoms with Gasteiger partial charge in [0, 0.05) is 18.9 Å². The summed E-state index contributed by atoms with van der Waals surface area (Å²) in [6, 6.07) is 12.3. The van der Waals surface area contributed by atoms with Crippen molar-refractivity contribution < 1.29 is 23.8 Å². The number of carbonyl (C=O) groups excluding carboxylic acids is 2. The van der Waals surface area contributed by atoms with Gasteiger partial charge in [-0.25, -0.2) is 9.78 Å². The van der Waals surface area contributed by atoms with Gasteiger partial charge in [0.05, 0.1) is 25.0 Å². The number of benzene rings is 1. The number of nitrogens with zero attached hydrogens (tertiary/aromatic N) is 2. The number of ether oxygens (including phenoxy) is 3. The molecule has 0 spiro atoms. The summed E-state index contributed by atoms with van der Waals surface area (Å²) in [5.74, 6) is 0.369. The summed E-state index contributed by atoms with van der Waals surface area (Å²) < 4.78 is 16.3. The number of hydrogen-bond donors (Lipinski definition) is 1. The number of rotatable bonds is 9. The van der Waals surface area contributed by atoms with Crippen LogP contribution in [0.4, 0.5) is 0 Å². The molecule has 0 unspecified atom stereocenters. The summed E-state index contributed by atoms with van der Waals surface area (Å²) in [4.78, 5) is 32.6. The molecule has 1 aromatic carbocycles. The van der Waals surface area contributed by atoms with E-state index in [9.17, 15) is 9.59 Å². The molecule has 0 radical (unpaired) electrons. The highest BCUT2D eigenvalue weighted by atomic mass is 16.5. The average molecular weight is 435 g/mol. The van der Waals surface area contributed by atoms with Crippen molar-refractivity contribution in [3.63, 3.8) is 0 Å². The standard InChI is InChI=1S/C24H25N3O5/c1-4-31-24(29)19-6-7-20(27-16(19)2)23(28)26-14-18-5-8-21(22(13-18)30-3)32-15-17-9-11-25-12-10-17/h5-13H,4,14-15H2,1-3H3,(H,26,28). The Kier molecular flexibility index (Phi) is 7.75. The van der Waals surface area contributed by atoms with Crippen molar-refractivity contribution in [2.24, 2.45) is 0 Å². The zero-order chi connectivity index (χ0) is 22.9. The van der Waals surface area contributed by atoms with Gasteiger partial charge in [0.1, 0.15) is 12.3 Å². The molecule has 0 fully saturated rings. The fraction of sp³-hybridized carbons (Fsp3) is 0.250. The fourth-order valence-electron chi connectivity index (χ4n) is 2.97. The molecular formula is C24H25N3O5. The number of amides is 1. The van der Waals surface area contributed by atoms with Crippen LogP contribution in [0.25, 0.3) is 0 Å². The van der Waals surface area contributed by atoms with E-state index in [0.717, 1.165) is 11.1 Å². The molecule has 0 aliphatic rings. The van der Waals surface area contributed by atoms with Gasteiger partial charge in [0.15, 0.2) is 11.5 Å². The first-order chi connectivity index (χ1) is 15.5. The Labute approximate surface area is 186 Å². The normalized spacial score (nSPS) is 10.3. The number of aryl methyl sites for hydroxylation is 1. The van der Waals surface area contributed by atoms with Crippen LogP contribution in [0, 0.1) is 6.92 Å². The molecule has 166 valence electrons. The van der Waals surface area contributed by atoms with E-state index in [4.69, 9.17) is 14.2 Å². The van der Waals surface area contributed by atoms with Crippen molar-refractivity contribution in [2.75, 3.05) is 13.7 Å². The maximum absolute atomic E-state index is 12.5. The Bertz CT molecular complexity index is 1090. The Balaban J connectivity index is 1.61. The van der Waals surface area contributed by atoms with E-state index in [1.165, 1.54) is 6.07 Å². The summed E-state index contributed by atoms with van der Waals surface area (Å²) in [5, 5.41) is 2.82. The van der Waals surface area contributed by atoms with E-state index >= 15 is 0 Å². The van der Waals surface area contributed by atoms with Crippen LogP contribution >= 0.6 is 0 Å². The van der Waals surface area contributed by atoms with Crippen molar-refractivity contribution in [2.45, 2.75) is 27.0 Å². The summed E-state index contributed by atoms with van der Waals surface area (Å²) in [7, 11) is 1.56. The number of methoxy groups -OCH3 is 1. The molecule has 0 atom stereocenters. The van der Waals surface area contributed by atoms with Crippen molar-refractivity contribution in [1.29, 1.82) is 0 Å². The van der Waals surface area contributed by atoms with Crippen LogP contribution in [-0.4, -0.2) is 35.6 Å². The molecule has 1 amide bonds. The maximum atomic E-state index is 12.5. The fourth-order valence-corrected chi connectivity index (χ4v) is 2.97. The quantitative estimate of drug-likeness (QED) is 0.514. The number of pyridine rings is 2. The minimum absolute atomic E-state index is 0.222. The smallest absolute Gasteiger partial charge is 0.339 e. The van der Waals surface area contributed by atoms with E-state index in [1.807, 2.05) is 24.3 Å². The summed E-state index contributed by atoms with van der Waals surface area (Å²) >= 11 is 0. The van der Waals surface area contributed by atoms with Gasteiger partial charge in [0.25, 0.3) is 5.91 Å². The van der Waals surface area contributed by atoms with E-state index < -0.39 is 5.97 Å². The van der Waals surface area contributed by atoms with Crippen molar-refractivity contribution in [3.05, 3.63) is 82.9 Å². The lowest BCUT2D eigenvalue weighted by Gasteiger charge is -2.13. The predicted octanol–water partition coefficient (Wildman–Crippen LogP) is 3.48. The first kappa shape index (κ1) is 22.7. The first-order valence-electron chi connectivity index (χ1n) is 10.1. The van der Waals surface area contributed by atoms with Crippen molar-refractivity contribution in [1.82, 2.24) is 15.3 Å². The molecule has 0 saturated heterocycles. The molecule has 2 aromatic heterocycles. The molecule has 8 heteroatoms. The van der Waals surface area contributed by atoms with Gasteiger partial charge >= 0.3 is 5.97 Å². The van der Waals surface area contributed by atoms with E-state index in [-0.39, 0.29) is 24.8 Å². The molecular weight excluding hydrogens is 410 g/mol. The lowest BCUT2D eigenvalue weighted by Crippen LogP contribution is -2.24. The molecule has 0 bridgehead atoms. The number of aromatic nitrogens is 2. The number of nitrogens with one attached hydrogen (secondary N) is 1. The molecule has 0 saturated carbocycles. The Morgan fingerprint density at radius 3 is 2.47 bits per heavy atom. The van der Waals surface area contributed by atoms with Gasteiger partial charge in [-0.05, 0) is 61.4 Å². The second kappa shape index (κ2) is 10.9. The molecule has 3 rings (SSSR count). The minimum Gasteiger partial charge on any atom is -0.493 e. The van der Waals surface area contributed by atoms with E-state index in [0.29, 0.717) is 29.4 Å². The van der Waals surface area contributed by atoms with Crippen LogP contribution in [0.2, 0.25) is 0 Å². The minimum atomic E-state index is -0.456. The third-order valence-electron chi connectivity index (χ3n) is 4.64. The summed E-state index contributed by atoms with van der Waals surface area (Å²) in [6.07, 6.45) is 3.42. The Hall–Kier alpha value is -3.94. The van der Waals surface area contributed by atoms with Gasteiger partial charge < -0.3 is 19.5 Å². The van der Waals surface area contributed by atoms with Crippen LogP contribution < -0.4 is 14.8 Å². The number of carbonyl (C=O) groups is 2. The lowest BCUT2D eigenvalue weighted by molar-refractivity contribution is 0.0524. The van der Waals surface area contributed by atoms with E-state index in [1.54, 1.807) is 45.5 Å². The highest BCUT2D eigenvalue weighted by molar-refractivity contribution is 5.95. The lowest BCUT2D eigenvalue weighted by atomic mass is 10.1. The molecule has 0 aliphatic heterocycles. The second-order valence-electron chi connectivity index (χ2n) is 6.86. The SMILES string of the molecule is CCOC(=O)c1ccc(C(=O)NCc2ccc(OCc3ccncc3)c(OC)c2)nc1C. The average Bonchev–Trinajstić information content (AvgIpc) is 2.82. The maximum Gasteiger partial charge on any atom is 0.339 e. The van der Waals surface area contributed by atoms with Gasteiger partial charge in [-0.1, -0.05) is 6.07 Å². The van der Waals surface area contributed by atoms with Gasteiger partial charge in [-0.3, -0.25) is 9.78 Å². The largest absolute Gasteiger partial charge is 0.493 e. The summed E-state index contributed by atoms with van der Waals surface area (Å²) in [6.45, 7) is 4.34. The zero-order valence-corrected chi connectivity index (χ0v) is 18.3. The van der Waals surface area contributed by atoms with Crippen LogP contribution in [0.15, 0.2) is 54.9 Å². The number of hydrogen-bond acceptors (Lipinski definition) is 7. The van der Waals surface area contributed by atoms with Gasteiger partial charge in [0.2, 0.25) is 0 Å². The Morgan fingerprint density at radius 1 is 1.00 bits per heavy atom. The second-order valence-corrected chi connectivity index (χ2v) is 6.86. The molecule has 1 N–H and O–H groups in total. The zero-order valence-electron chi connectivity index (χ0n) is 18.3. The Morgan fingerprint density at radius 2 is 1.78 bits per heavy atom. The molecule has 2 heterocycles.